The lowest BCUT2D eigenvalue weighted by molar-refractivity contribution is -0.153. The smallest absolute Gasteiger partial charge is 0.422 e. The maximum atomic E-state index is 15.0. The number of H-pyrrole nitrogens is 1. The Bertz CT molecular complexity index is 1170. The molecule has 0 atom stereocenters. The van der Waals surface area contributed by atoms with E-state index in [1.54, 1.807) is 27.7 Å². The second-order valence-electron chi connectivity index (χ2n) is 7.71. The van der Waals surface area contributed by atoms with Crippen molar-refractivity contribution in [3.8, 4) is 17.0 Å². The molecule has 0 aliphatic carbocycles. The Hall–Kier alpha value is -3.50. The number of carbonyl (C=O) groups is 1. The molecule has 0 saturated carbocycles. The van der Waals surface area contributed by atoms with Crippen molar-refractivity contribution in [2.24, 2.45) is 0 Å². The van der Waals surface area contributed by atoms with Crippen LogP contribution in [0.15, 0.2) is 24.3 Å². The standard InChI is InChI=1S/C22H21F5N4O2/c1-10(2)19-15(23)5-6-17(28-19)13-8-18(33-9-22(25,26)27)14(7-16(13)24)21(32)29-20-11(3)30-31-12(20)4/h5-8,10H,9H2,1-4H3,(H,29,32)(H,30,31). The number of halogens is 5. The van der Waals surface area contributed by atoms with E-state index in [1.807, 2.05) is 0 Å². The fourth-order valence-electron chi connectivity index (χ4n) is 3.13. The second-order valence-corrected chi connectivity index (χ2v) is 7.71. The maximum absolute atomic E-state index is 15.0. The third-order valence-electron chi connectivity index (χ3n) is 4.77. The van der Waals surface area contributed by atoms with Gasteiger partial charge in [0.15, 0.2) is 6.61 Å². The monoisotopic (exact) mass is 468 g/mol. The Labute approximate surface area is 186 Å². The fourth-order valence-corrected chi connectivity index (χ4v) is 3.13. The Kier molecular flexibility index (Phi) is 6.71. The highest BCUT2D eigenvalue weighted by Crippen LogP contribution is 2.33. The average molecular weight is 468 g/mol. The van der Waals surface area contributed by atoms with Crippen LogP contribution in [0.1, 0.15) is 47.2 Å². The van der Waals surface area contributed by atoms with Crippen molar-refractivity contribution < 1.29 is 31.5 Å². The summed E-state index contributed by atoms with van der Waals surface area (Å²) in [6.45, 7) is 4.92. The largest absolute Gasteiger partial charge is 0.483 e. The number of amides is 1. The predicted molar refractivity (Wildman–Crippen MR) is 111 cm³/mol. The number of benzene rings is 1. The van der Waals surface area contributed by atoms with E-state index in [4.69, 9.17) is 4.74 Å². The first-order chi connectivity index (χ1) is 15.4. The normalized spacial score (nSPS) is 11.7. The molecule has 0 fully saturated rings. The van der Waals surface area contributed by atoms with Crippen molar-refractivity contribution in [3.05, 3.63) is 58.5 Å². The number of hydrogen-bond donors (Lipinski definition) is 2. The lowest BCUT2D eigenvalue weighted by Crippen LogP contribution is -2.21. The molecule has 2 N–H and O–H groups in total. The van der Waals surface area contributed by atoms with Crippen LogP contribution in [0, 0.1) is 25.5 Å². The predicted octanol–water partition coefficient (Wildman–Crippen LogP) is 5.68. The molecule has 2 heterocycles. The Morgan fingerprint density at radius 2 is 1.85 bits per heavy atom. The third-order valence-corrected chi connectivity index (χ3v) is 4.77. The molecule has 1 amide bonds. The molecule has 0 unspecified atom stereocenters. The Morgan fingerprint density at radius 1 is 1.15 bits per heavy atom. The zero-order valence-electron chi connectivity index (χ0n) is 18.2. The van der Waals surface area contributed by atoms with Crippen LogP contribution < -0.4 is 10.1 Å². The van der Waals surface area contributed by atoms with Gasteiger partial charge < -0.3 is 10.1 Å². The molecule has 1 aromatic carbocycles. The molecule has 3 aromatic rings. The zero-order chi connectivity index (χ0) is 24.5. The number of alkyl halides is 3. The molecule has 33 heavy (non-hydrogen) atoms. The Balaban J connectivity index is 2.08. The Morgan fingerprint density at radius 3 is 2.42 bits per heavy atom. The summed E-state index contributed by atoms with van der Waals surface area (Å²) in [4.78, 5) is 16.9. The van der Waals surface area contributed by atoms with Crippen molar-refractivity contribution in [1.82, 2.24) is 15.2 Å². The first kappa shape index (κ1) is 24.1. The number of aromatic amines is 1. The van der Waals surface area contributed by atoms with E-state index in [0.717, 1.165) is 18.2 Å². The van der Waals surface area contributed by atoms with Crippen molar-refractivity contribution in [2.45, 2.75) is 39.8 Å². The summed E-state index contributed by atoms with van der Waals surface area (Å²) in [5.41, 5.74) is 0.626. The molecule has 0 aliphatic heterocycles. The van der Waals surface area contributed by atoms with Crippen LogP contribution >= 0.6 is 0 Å². The second kappa shape index (κ2) is 9.16. The summed E-state index contributed by atoms with van der Waals surface area (Å²) >= 11 is 0. The van der Waals surface area contributed by atoms with Crippen molar-refractivity contribution in [1.29, 1.82) is 0 Å². The molecule has 176 valence electrons. The average Bonchev–Trinajstić information content (AvgIpc) is 3.04. The number of carbonyl (C=O) groups excluding carboxylic acids is 1. The van der Waals surface area contributed by atoms with E-state index in [0.29, 0.717) is 17.1 Å². The van der Waals surface area contributed by atoms with E-state index in [1.165, 1.54) is 6.07 Å². The molecule has 6 nitrogen and oxygen atoms in total. The summed E-state index contributed by atoms with van der Waals surface area (Å²) in [5.74, 6) is -3.24. The van der Waals surface area contributed by atoms with Gasteiger partial charge in [-0.1, -0.05) is 13.8 Å². The van der Waals surface area contributed by atoms with Crippen LogP contribution in [0.4, 0.5) is 27.6 Å². The first-order valence-corrected chi connectivity index (χ1v) is 9.90. The number of ether oxygens (including phenoxy) is 1. The number of rotatable bonds is 6. The van der Waals surface area contributed by atoms with Gasteiger partial charge in [0.05, 0.1) is 34.0 Å². The van der Waals surface area contributed by atoms with Crippen LogP contribution in [-0.4, -0.2) is 33.9 Å². The maximum Gasteiger partial charge on any atom is 0.422 e. The van der Waals surface area contributed by atoms with Crippen LogP contribution in [0.25, 0.3) is 11.3 Å². The van der Waals surface area contributed by atoms with Crippen LogP contribution in [0.2, 0.25) is 0 Å². The van der Waals surface area contributed by atoms with Gasteiger partial charge in [0.1, 0.15) is 17.4 Å². The summed E-state index contributed by atoms with van der Waals surface area (Å²) in [6.07, 6.45) is -4.70. The quantitative estimate of drug-likeness (QED) is 0.456. The summed E-state index contributed by atoms with van der Waals surface area (Å²) in [7, 11) is 0. The molecule has 0 saturated heterocycles. The van der Waals surface area contributed by atoms with Crippen LogP contribution in [-0.2, 0) is 0 Å². The molecule has 0 bridgehead atoms. The minimum absolute atomic E-state index is 0.0112. The highest BCUT2D eigenvalue weighted by Gasteiger charge is 2.30. The summed E-state index contributed by atoms with van der Waals surface area (Å²) in [6, 6.07) is 4.01. The summed E-state index contributed by atoms with van der Waals surface area (Å²) < 4.78 is 72.3. The van der Waals surface area contributed by atoms with E-state index >= 15 is 4.39 Å². The molecular formula is C22H21F5N4O2. The lowest BCUT2D eigenvalue weighted by Gasteiger charge is -2.16. The molecular weight excluding hydrogens is 447 g/mol. The van der Waals surface area contributed by atoms with Crippen molar-refractivity contribution in [3.63, 3.8) is 0 Å². The SMILES string of the molecule is Cc1n[nH]c(C)c1NC(=O)c1cc(F)c(-c2ccc(F)c(C(C)C)n2)cc1OCC(F)(F)F. The van der Waals surface area contributed by atoms with E-state index in [9.17, 15) is 22.4 Å². The molecule has 11 heteroatoms. The van der Waals surface area contributed by atoms with Crippen LogP contribution in [0.3, 0.4) is 0 Å². The molecule has 2 aromatic heterocycles. The summed E-state index contributed by atoms with van der Waals surface area (Å²) in [5, 5.41) is 9.08. The van der Waals surface area contributed by atoms with Gasteiger partial charge in [-0.3, -0.25) is 9.89 Å². The molecule has 0 aliphatic rings. The number of pyridine rings is 1. The zero-order valence-corrected chi connectivity index (χ0v) is 18.2. The highest BCUT2D eigenvalue weighted by molar-refractivity contribution is 6.07. The van der Waals surface area contributed by atoms with Gasteiger partial charge in [0, 0.05) is 5.56 Å². The molecule has 3 rings (SSSR count). The van der Waals surface area contributed by atoms with Gasteiger partial charge in [0.25, 0.3) is 5.91 Å². The minimum atomic E-state index is -4.70. The number of aromatic nitrogens is 3. The van der Waals surface area contributed by atoms with Gasteiger partial charge in [-0.15, -0.1) is 0 Å². The van der Waals surface area contributed by atoms with Gasteiger partial charge in [-0.25, -0.2) is 13.8 Å². The fraction of sp³-hybridized carbons (Fsp3) is 0.318. The topological polar surface area (TPSA) is 79.9 Å². The minimum Gasteiger partial charge on any atom is -0.483 e. The van der Waals surface area contributed by atoms with Gasteiger partial charge >= 0.3 is 6.18 Å². The molecule has 0 spiro atoms. The van der Waals surface area contributed by atoms with Crippen molar-refractivity contribution in [2.75, 3.05) is 11.9 Å². The number of nitrogens with one attached hydrogen (secondary N) is 2. The molecule has 0 radical (unpaired) electrons. The van der Waals surface area contributed by atoms with E-state index in [2.05, 4.69) is 20.5 Å². The number of anilines is 1. The number of aryl methyl sites for hydroxylation is 2. The third kappa shape index (κ3) is 5.47. The van der Waals surface area contributed by atoms with Gasteiger partial charge in [-0.2, -0.15) is 18.3 Å². The number of hydrogen-bond acceptors (Lipinski definition) is 4. The van der Waals surface area contributed by atoms with Gasteiger partial charge in [0.2, 0.25) is 0 Å². The van der Waals surface area contributed by atoms with E-state index in [-0.39, 0.29) is 22.9 Å². The van der Waals surface area contributed by atoms with E-state index < -0.39 is 41.6 Å². The van der Waals surface area contributed by atoms with Crippen LogP contribution in [0.5, 0.6) is 5.75 Å². The lowest BCUT2D eigenvalue weighted by atomic mass is 10.0. The highest BCUT2D eigenvalue weighted by atomic mass is 19.4. The first-order valence-electron chi connectivity index (χ1n) is 9.90. The number of nitrogens with zero attached hydrogens (tertiary/aromatic N) is 2. The van der Waals surface area contributed by atoms with Gasteiger partial charge in [-0.05, 0) is 44.0 Å². The van der Waals surface area contributed by atoms with Crippen molar-refractivity contribution >= 4 is 11.6 Å².